The second kappa shape index (κ2) is 8.38. The van der Waals surface area contributed by atoms with Gasteiger partial charge in [-0.1, -0.05) is 18.2 Å². The van der Waals surface area contributed by atoms with Crippen LogP contribution in [0.2, 0.25) is 0 Å². The Morgan fingerprint density at radius 3 is 2.39 bits per heavy atom. The zero-order valence-electron chi connectivity index (χ0n) is 15.3. The fourth-order valence-corrected chi connectivity index (χ4v) is 4.10. The van der Waals surface area contributed by atoms with Crippen LogP contribution in [0.25, 0.3) is 0 Å². The summed E-state index contributed by atoms with van der Waals surface area (Å²) in [7, 11) is 0. The van der Waals surface area contributed by atoms with Gasteiger partial charge in [0, 0.05) is 36.8 Å². The van der Waals surface area contributed by atoms with Crippen molar-refractivity contribution in [1.82, 2.24) is 25.6 Å². The molecule has 146 valence electrons. The van der Waals surface area contributed by atoms with E-state index in [2.05, 4.69) is 31.8 Å². The Morgan fingerprint density at radius 2 is 1.68 bits per heavy atom. The highest BCUT2D eigenvalue weighted by atomic mass is 79.9. The maximum absolute atomic E-state index is 12.9. The van der Waals surface area contributed by atoms with Crippen molar-refractivity contribution in [3.63, 3.8) is 0 Å². The van der Waals surface area contributed by atoms with E-state index in [4.69, 9.17) is 0 Å². The molecule has 2 N–H and O–H groups in total. The zero-order valence-corrected chi connectivity index (χ0v) is 16.9. The molecule has 2 amide bonds. The van der Waals surface area contributed by atoms with E-state index in [-0.39, 0.29) is 23.9 Å². The molecular weight excluding hydrogens is 422 g/mol. The molecule has 2 aromatic rings. The summed E-state index contributed by atoms with van der Waals surface area (Å²) in [6, 6.07) is 12.9. The van der Waals surface area contributed by atoms with Crippen molar-refractivity contribution in [3.8, 4) is 0 Å². The van der Waals surface area contributed by atoms with Crippen LogP contribution in [0.1, 0.15) is 28.5 Å². The summed E-state index contributed by atoms with van der Waals surface area (Å²) < 4.78 is 0.792. The van der Waals surface area contributed by atoms with Crippen LogP contribution in [0, 0.1) is 0 Å². The van der Waals surface area contributed by atoms with Crippen LogP contribution in [-0.4, -0.2) is 58.8 Å². The quantitative estimate of drug-likeness (QED) is 0.755. The molecule has 2 atom stereocenters. The minimum atomic E-state index is -0.280. The molecule has 3 heterocycles. The summed E-state index contributed by atoms with van der Waals surface area (Å²) in [6.07, 6.45) is 2.42. The van der Waals surface area contributed by atoms with Gasteiger partial charge in [-0.15, -0.1) is 0 Å². The minimum absolute atomic E-state index is 0.00421. The molecule has 0 spiro atoms. The molecule has 1 aromatic carbocycles. The molecule has 0 aliphatic carbocycles. The highest BCUT2D eigenvalue weighted by molar-refractivity contribution is 9.10. The van der Waals surface area contributed by atoms with E-state index >= 15 is 0 Å². The Bertz CT molecular complexity index is 855. The van der Waals surface area contributed by atoms with Crippen LogP contribution in [-0.2, 0) is 4.79 Å². The fraction of sp³-hybridized carbons (Fsp3) is 0.350. The number of hydrazine groups is 1. The predicted molar refractivity (Wildman–Crippen MR) is 108 cm³/mol. The Kier molecular flexibility index (Phi) is 5.70. The van der Waals surface area contributed by atoms with Crippen molar-refractivity contribution < 1.29 is 9.59 Å². The van der Waals surface area contributed by atoms with Crippen LogP contribution < -0.4 is 10.9 Å². The number of nitrogens with zero attached hydrogens (tertiary/aromatic N) is 3. The molecule has 8 heteroatoms. The number of amides is 2. The van der Waals surface area contributed by atoms with E-state index in [9.17, 15) is 9.59 Å². The highest BCUT2D eigenvalue weighted by Gasteiger charge is 2.35. The number of pyridine rings is 1. The Labute approximate surface area is 172 Å². The van der Waals surface area contributed by atoms with E-state index in [1.165, 1.54) is 0 Å². The highest BCUT2D eigenvalue weighted by Crippen LogP contribution is 2.22. The normalized spacial score (nSPS) is 22.3. The van der Waals surface area contributed by atoms with E-state index in [0.717, 1.165) is 10.2 Å². The van der Waals surface area contributed by atoms with Crippen molar-refractivity contribution in [2.24, 2.45) is 0 Å². The summed E-state index contributed by atoms with van der Waals surface area (Å²) >= 11 is 3.44. The molecule has 2 unspecified atom stereocenters. The molecule has 2 aliphatic rings. The Morgan fingerprint density at radius 1 is 0.964 bits per heavy atom. The molecule has 2 fully saturated rings. The first-order chi connectivity index (χ1) is 13.6. The molecule has 2 saturated heterocycles. The van der Waals surface area contributed by atoms with E-state index < -0.39 is 0 Å². The molecule has 0 radical (unpaired) electrons. The van der Waals surface area contributed by atoms with Gasteiger partial charge in [0.25, 0.3) is 5.91 Å². The lowest BCUT2D eigenvalue weighted by molar-refractivity contribution is -0.134. The summed E-state index contributed by atoms with van der Waals surface area (Å²) in [6.45, 7) is 2.16. The van der Waals surface area contributed by atoms with Gasteiger partial charge in [0.1, 0.15) is 6.04 Å². The maximum atomic E-state index is 12.9. The molecule has 0 bridgehead atoms. The topological polar surface area (TPSA) is 77.6 Å². The summed E-state index contributed by atoms with van der Waals surface area (Å²) in [5.74, 6) is 0.0642. The van der Waals surface area contributed by atoms with E-state index in [0.29, 0.717) is 38.2 Å². The number of piperazine rings is 1. The van der Waals surface area contributed by atoms with Crippen molar-refractivity contribution in [2.75, 3.05) is 26.2 Å². The fourth-order valence-electron chi connectivity index (χ4n) is 3.65. The number of halogens is 1. The molecule has 28 heavy (non-hydrogen) atoms. The zero-order chi connectivity index (χ0) is 19.5. The van der Waals surface area contributed by atoms with Crippen LogP contribution in [0.5, 0.6) is 0 Å². The van der Waals surface area contributed by atoms with E-state index in [1.54, 1.807) is 11.1 Å². The first kappa shape index (κ1) is 19.0. The average molecular weight is 444 g/mol. The molecule has 2 aliphatic heterocycles. The first-order valence-corrected chi connectivity index (χ1v) is 10.2. The van der Waals surface area contributed by atoms with Gasteiger partial charge in [-0.3, -0.25) is 14.6 Å². The Balaban J connectivity index is 1.32. The smallest absolute Gasteiger partial charge is 0.255 e. The minimum Gasteiger partial charge on any atom is -0.338 e. The average Bonchev–Trinajstić information content (AvgIpc) is 3.24. The number of aromatic nitrogens is 1. The number of benzene rings is 1. The monoisotopic (exact) mass is 443 g/mol. The van der Waals surface area contributed by atoms with Crippen LogP contribution in [0.15, 0.2) is 53.1 Å². The van der Waals surface area contributed by atoms with Crippen molar-refractivity contribution in [2.45, 2.75) is 18.5 Å². The summed E-state index contributed by atoms with van der Waals surface area (Å²) in [4.78, 5) is 33.6. The lowest BCUT2D eigenvalue weighted by Gasteiger charge is -2.36. The van der Waals surface area contributed by atoms with Gasteiger partial charge in [0.15, 0.2) is 0 Å². The molecule has 7 nitrogen and oxygen atoms in total. The second-order valence-corrected chi connectivity index (χ2v) is 7.84. The summed E-state index contributed by atoms with van der Waals surface area (Å²) in [5.41, 5.74) is 7.85. The van der Waals surface area contributed by atoms with Gasteiger partial charge in [0.05, 0.1) is 17.3 Å². The third-order valence-corrected chi connectivity index (χ3v) is 5.92. The van der Waals surface area contributed by atoms with Gasteiger partial charge >= 0.3 is 0 Å². The number of hydrogen-bond donors (Lipinski definition) is 2. The van der Waals surface area contributed by atoms with Gasteiger partial charge in [-0.25, -0.2) is 10.9 Å². The first-order valence-electron chi connectivity index (χ1n) is 9.38. The van der Waals surface area contributed by atoms with Crippen molar-refractivity contribution >= 4 is 27.7 Å². The molecule has 1 aromatic heterocycles. The van der Waals surface area contributed by atoms with Gasteiger partial charge < -0.3 is 9.80 Å². The van der Waals surface area contributed by atoms with Crippen LogP contribution in [0.3, 0.4) is 0 Å². The van der Waals surface area contributed by atoms with Crippen molar-refractivity contribution in [1.29, 1.82) is 0 Å². The third kappa shape index (κ3) is 3.94. The molecule has 4 rings (SSSR count). The van der Waals surface area contributed by atoms with Gasteiger partial charge in [-0.05, 0) is 46.6 Å². The van der Waals surface area contributed by atoms with Gasteiger partial charge in [-0.2, -0.15) is 0 Å². The SMILES string of the molecule is O=C(c1ccccc1Br)N1CCN(C(=O)C2CC(c3ccccn3)NN2)CC1. The van der Waals surface area contributed by atoms with Gasteiger partial charge in [0.2, 0.25) is 5.91 Å². The summed E-state index contributed by atoms with van der Waals surface area (Å²) in [5, 5.41) is 0. The number of carbonyl (C=O) groups excluding carboxylic acids is 2. The number of carbonyl (C=O) groups is 2. The largest absolute Gasteiger partial charge is 0.338 e. The second-order valence-electron chi connectivity index (χ2n) is 6.98. The molecule has 0 saturated carbocycles. The lowest BCUT2D eigenvalue weighted by atomic mass is 10.1. The van der Waals surface area contributed by atoms with Crippen molar-refractivity contribution in [3.05, 3.63) is 64.4 Å². The molecular formula is C20H22BrN5O2. The van der Waals surface area contributed by atoms with Crippen LogP contribution >= 0.6 is 15.9 Å². The maximum Gasteiger partial charge on any atom is 0.255 e. The lowest BCUT2D eigenvalue weighted by Crippen LogP contribution is -2.54. The van der Waals surface area contributed by atoms with E-state index in [1.807, 2.05) is 47.4 Å². The number of hydrogen-bond acceptors (Lipinski definition) is 5. The standard InChI is InChI=1S/C20H22BrN5O2/c21-15-6-2-1-5-14(15)19(27)25-9-11-26(12-10-25)20(28)18-13-17(23-24-18)16-7-3-4-8-22-16/h1-8,17-18,23-24H,9-13H2. The van der Waals surface area contributed by atoms with Crippen LogP contribution in [0.4, 0.5) is 0 Å². The number of rotatable bonds is 3. The predicted octanol–water partition coefficient (Wildman–Crippen LogP) is 1.74. The third-order valence-electron chi connectivity index (χ3n) is 5.23. The Hall–Kier alpha value is -2.29. The number of nitrogens with one attached hydrogen (secondary N) is 2.